The van der Waals surface area contributed by atoms with Crippen LogP contribution >= 0.6 is 0 Å². The van der Waals surface area contributed by atoms with Crippen molar-refractivity contribution in [2.45, 2.75) is 50.9 Å². The van der Waals surface area contributed by atoms with Gasteiger partial charge in [-0.3, -0.25) is 14.6 Å². The highest BCUT2D eigenvalue weighted by atomic mass is 16.2. The Morgan fingerprint density at radius 3 is 2.70 bits per heavy atom. The molecule has 27 heavy (non-hydrogen) atoms. The number of carbonyl (C=O) groups is 1. The van der Waals surface area contributed by atoms with Crippen LogP contribution in [0.15, 0.2) is 23.0 Å². The van der Waals surface area contributed by atoms with E-state index in [2.05, 4.69) is 28.2 Å². The number of carbonyl (C=O) groups excluding carboxylic acids is 1. The molecular formula is C21H24N4O2. The predicted octanol–water partition coefficient (Wildman–Crippen LogP) is 2.45. The van der Waals surface area contributed by atoms with E-state index in [4.69, 9.17) is 4.98 Å². The maximum Gasteiger partial charge on any atom is 0.255 e. The number of fused-ring (bicyclic) bond motifs is 3. The lowest BCUT2D eigenvalue weighted by atomic mass is 9.72. The van der Waals surface area contributed by atoms with Gasteiger partial charge in [-0.05, 0) is 62.6 Å². The monoisotopic (exact) mass is 364 g/mol. The van der Waals surface area contributed by atoms with Crippen LogP contribution in [0, 0.1) is 6.92 Å². The van der Waals surface area contributed by atoms with Gasteiger partial charge < -0.3 is 10.2 Å². The standard InChI is InChI=1S/C21H24N4O2/c1-13-5-4-8-16-17(13)21(19(27)22-16)9-11-25(12-10-21)20-23-15-7-3-2-6-14(15)18(26)24-20/h4-5,8H,2-3,6-7,9-12H2,1H3,(H,22,27)(H,23,24,26). The SMILES string of the molecule is Cc1cccc2c1C1(CCN(c3nc4c(c(=O)[nH]3)CCCC4)CC1)C(=O)N2. The zero-order valence-corrected chi connectivity index (χ0v) is 15.6. The molecule has 6 heteroatoms. The summed E-state index contributed by atoms with van der Waals surface area (Å²) >= 11 is 0. The highest BCUT2D eigenvalue weighted by Crippen LogP contribution is 2.46. The Hall–Kier alpha value is -2.63. The number of rotatable bonds is 1. The van der Waals surface area contributed by atoms with Crippen LogP contribution in [-0.4, -0.2) is 29.0 Å². The van der Waals surface area contributed by atoms with Crippen molar-refractivity contribution in [2.75, 3.05) is 23.3 Å². The van der Waals surface area contributed by atoms with Gasteiger partial charge in [0.1, 0.15) is 0 Å². The van der Waals surface area contributed by atoms with Crippen LogP contribution in [0.3, 0.4) is 0 Å². The van der Waals surface area contributed by atoms with Gasteiger partial charge in [0.15, 0.2) is 0 Å². The summed E-state index contributed by atoms with van der Waals surface area (Å²) < 4.78 is 0. The van der Waals surface area contributed by atoms with E-state index in [-0.39, 0.29) is 11.5 Å². The number of anilines is 2. The average Bonchev–Trinajstić information content (AvgIpc) is 2.95. The van der Waals surface area contributed by atoms with Crippen LogP contribution in [0.2, 0.25) is 0 Å². The molecule has 1 aromatic carbocycles. The van der Waals surface area contributed by atoms with Gasteiger partial charge in [-0.15, -0.1) is 0 Å². The molecule has 2 aliphatic heterocycles. The number of piperidine rings is 1. The van der Waals surface area contributed by atoms with Crippen molar-refractivity contribution < 1.29 is 4.79 Å². The van der Waals surface area contributed by atoms with E-state index in [1.807, 2.05) is 12.1 Å². The van der Waals surface area contributed by atoms with Crippen LogP contribution in [0.1, 0.15) is 48.1 Å². The molecule has 1 spiro atoms. The number of aromatic nitrogens is 2. The Kier molecular flexibility index (Phi) is 3.64. The smallest absolute Gasteiger partial charge is 0.255 e. The van der Waals surface area contributed by atoms with E-state index in [1.54, 1.807) is 0 Å². The summed E-state index contributed by atoms with van der Waals surface area (Å²) in [7, 11) is 0. The van der Waals surface area contributed by atoms with Crippen LogP contribution < -0.4 is 15.8 Å². The van der Waals surface area contributed by atoms with Crippen molar-refractivity contribution in [2.24, 2.45) is 0 Å². The zero-order chi connectivity index (χ0) is 18.6. The maximum atomic E-state index is 12.8. The average molecular weight is 364 g/mol. The zero-order valence-electron chi connectivity index (χ0n) is 15.6. The minimum absolute atomic E-state index is 0.00906. The van der Waals surface area contributed by atoms with Gasteiger partial charge in [-0.25, -0.2) is 4.98 Å². The first kappa shape index (κ1) is 16.5. The van der Waals surface area contributed by atoms with E-state index in [0.717, 1.165) is 61.0 Å². The third-order valence-corrected chi connectivity index (χ3v) is 6.53. The van der Waals surface area contributed by atoms with E-state index in [0.29, 0.717) is 19.0 Å². The van der Waals surface area contributed by atoms with Gasteiger partial charge in [0, 0.05) is 24.3 Å². The summed E-state index contributed by atoms with van der Waals surface area (Å²) in [5, 5.41) is 3.07. The van der Waals surface area contributed by atoms with Gasteiger partial charge in [-0.1, -0.05) is 12.1 Å². The molecule has 5 rings (SSSR count). The van der Waals surface area contributed by atoms with E-state index >= 15 is 0 Å². The largest absolute Gasteiger partial charge is 0.342 e. The van der Waals surface area contributed by atoms with E-state index < -0.39 is 5.41 Å². The van der Waals surface area contributed by atoms with E-state index in [1.165, 1.54) is 5.56 Å². The summed E-state index contributed by atoms with van der Waals surface area (Å²) in [5.41, 5.74) is 4.65. The lowest BCUT2D eigenvalue weighted by Gasteiger charge is -2.39. The van der Waals surface area contributed by atoms with Crippen molar-refractivity contribution in [3.8, 4) is 0 Å². The topological polar surface area (TPSA) is 78.1 Å². The number of hydrogen-bond donors (Lipinski definition) is 2. The molecular weight excluding hydrogens is 340 g/mol. The molecule has 0 bridgehead atoms. The molecule has 3 aliphatic rings. The first-order valence-corrected chi connectivity index (χ1v) is 9.87. The first-order chi connectivity index (χ1) is 13.1. The lowest BCUT2D eigenvalue weighted by molar-refractivity contribution is -0.121. The fourth-order valence-corrected chi connectivity index (χ4v) is 5.08. The summed E-state index contributed by atoms with van der Waals surface area (Å²) in [6.07, 6.45) is 5.35. The molecule has 0 radical (unpaired) electrons. The molecule has 1 aromatic heterocycles. The molecule has 3 heterocycles. The Labute approximate surface area is 158 Å². The number of hydrogen-bond acceptors (Lipinski definition) is 4. The molecule has 1 fully saturated rings. The summed E-state index contributed by atoms with van der Waals surface area (Å²) in [6.45, 7) is 3.50. The van der Waals surface area contributed by atoms with Crippen LogP contribution in [0.25, 0.3) is 0 Å². The highest BCUT2D eigenvalue weighted by molar-refractivity contribution is 6.06. The summed E-state index contributed by atoms with van der Waals surface area (Å²) in [6, 6.07) is 6.06. The van der Waals surface area contributed by atoms with Gasteiger partial charge >= 0.3 is 0 Å². The fraction of sp³-hybridized carbons (Fsp3) is 0.476. The quantitative estimate of drug-likeness (QED) is 0.815. The second kappa shape index (κ2) is 5.94. The summed E-state index contributed by atoms with van der Waals surface area (Å²) in [5.74, 6) is 0.775. The molecule has 1 amide bonds. The van der Waals surface area contributed by atoms with Crippen molar-refractivity contribution >= 4 is 17.5 Å². The van der Waals surface area contributed by atoms with Crippen molar-refractivity contribution in [3.63, 3.8) is 0 Å². The maximum absolute atomic E-state index is 12.8. The van der Waals surface area contributed by atoms with Crippen molar-refractivity contribution in [1.29, 1.82) is 0 Å². The number of aryl methyl sites for hydroxylation is 2. The molecule has 0 saturated carbocycles. The number of nitrogens with zero attached hydrogens (tertiary/aromatic N) is 2. The normalized spacial score (nSPS) is 20.3. The Balaban J connectivity index is 1.44. The molecule has 2 N–H and O–H groups in total. The third kappa shape index (κ3) is 2.42. The fourth-order valence-electron chi connectivity index (χ4n) is 5.08. The minimum atomic E-state index is -0.453. The van der Waals surface area contributed by atoms with Crippen LogP contribution in [0.4, 0.5) is 11.6 Å². The van der Waals surface area contributed by atoms with Crippen LogP contribution in [0.5, 0.6) is 0 Å². The number of H-pyrrole nitrogens is 1. The Morgan fingerprint density at radius 1 is 1.11 bits per heavy atom. The second-order valence-electron chi connectivity index (χ2n) is 8.04. The number of amides is 1. The number of aromatic amines is 1. The number of nitrogens with one attached hydrogen (secondary N) is 2. The molecule has 0 atom stereocenters. The molecule has 1 aliphatic carbocycles. The van der Waals surface area contributed by atoms with Gasteiger partial charge in [-0.2, -0.15) is 0 Å². The summed E-state index contributed by atoms with van der Waals surface area (Å²) in [4.78, 5) is 35.2. The van der Waals surface area contributed by atoms with Gasteiger partial charge in [0.2, 0.25) is 11.9 Å². The minimum Gasteiger partial charge on any atom is -0.342 e. The lowest BCUT2D eigenvalue weighted by Crippen LogP contribution is -2.47. The molecule has 1 saturated heterocycles. The third-order valence-electron chi connectivity index (χ3n) is 6.53. The second-order valence-corrected chi connectivity index (χ2v) is 8.04. The van der Waals surface area contributed by atoms with Gasteiger partial charge in [0.05, 0.1) is 11.1 Å². The molecule has 6 nitrogen and oxygen atoms in total. The van der Waals surface area contributed by atoms with Crippen LogP contribution in [-0.2, 0) is 23.1 Å². The highest BCUT2D eigenvalue weighted by Gasteiger charge is 2.49. The van der Waals surface area contributed by atoms with E-state index in [9.17, 15) is 9.59 Å². The predicted molar refractivity (Wildman–Crippen MR) is 104 cm³/mol. The number of benzene rings is 1. The van der Waals surface area contributed by atoms with Crippen molar-refractivity contribution in [1.82, 2.24) is 9.97 Å². The molecule has 0 unspecified atom stereocenters. The first-order valence-electron chi connectivity index (χ1n) is 9.87. The Morgan fingerprint density at radius 2 is 1.89 bits per heavy atom. The van der Waals surface area contributed by atoms with Crippen molar-refractivity contribution in [3.05, 3.63) is 50.9 Å². The molecule has 140 valence electrons. The molecule has 2 aromatic rings. The van der Waals surface area contributed by atoms with Gasteiger partial charge in [0.25, 0.3) is 5.56 Å². The Bertz CT molecular complexity index is 986.